The van der Waals surface area contributed by atoms with Crippen molar-refractivity contribution in [2.75, 3.05) is 0 Å². The lowest BCUT2D eigenvalue weighted by Gasteiger charge is -1.91. The summed E-state index contributed by atoms with van der Waals surface area (Å²) in [5.74, 6) is 0. The third-order valence-electron chi connectivity index (χ3n) is 2.01. The predicted octanol–water partition coefficient (Wildman–Crippen LogP) is 3.95. The quantitative estimate of drug-likeness (QED) is 0.618. The predicted molar refractivity (Wildman–Crippen MR) is 73.9 cm³/mol. The van der Waals surface area contributed by atoms with Crippen molar-refractivity contribution in [1.82, 2.24) is 0 Å². The highest BCUT2D eigenvalue weighted by Gasteiger charge is 2.21. The van der Waals surface area contributed by atoms with E-state index in [1.54, 1.807) is 0 Å². The molecule has 7 heteroatoms. The van der Waals surface area contributed by atoms with Crippen molar-refractivity contribution < 1.29 is 9.85 Å². The summed E-state index contributed by atoms with van der Waals surface area (Å²) in [4.78, 5) is 18.9. The van der Waals surface area contributed by atoms with E-state index in [0.717, 1.165) is 16.6 Å². The Hall–Kier alpha value is -2.28. The molecular formula is C12H9BrN2O4. The molecular weight excluding hydrogens is 316 g/mol. The smallest absolute Gasteiger partial charge is 0.258 e. The van der Waals surface area contributed by atoms with Crippen LogP contribution in [0.4, 0.5) is 11.4 Å². The Labute approximate surface area is 117 Å². The number of para-hydroxylation sites is 2. The van der Waals surface area contributed by atoms with E-state index in [9.17, 15) is 20.2 Å². The molecule has 0 bridgehead atoms. The molecule has 0 saturated carbocycles. The second-order valence-electron chi connectivity index (χ2n) is 3.30. The minimum absolute atomic E-state index is 0.484. The molecule has 0 aromatic heterocycles. The molecule has 0 spiro atoms. The van der Waals surface area contributed by atoms with Gasteiger partial charge in [-0.2, -0.15) is 0 Å². The second-order valence-corrected chi connectivity index (χ2v) is 4.21. The first-order chi connectivity index (χ1) is 9.02. The number of nitrogens with zero attached hydrogens (tertiary/aromatic N) is 2. The molecule has 0 N–H and O–H groups in total. The van der Waals surface area contributed by atoms with E-state index in [4.69, 9.17) is 0 Å². The second kappa shape index (κ2) is 7.22. The maximum Gasteiger partial charge on any atom is 0.346 e. The Morgan fingerprint density at radius 3 is 1.37 bits per heavy atom. The highest BCUT2D eigenvalue weighted by Crippen LogP contribution is 2.24. The van der Waals surface area contributed by atoms with Crippen LogP contribution in [0.15, 0.2) is 59.1 Å². The topological polar surface area (TPSA) is 86.3 Å². The van der Waals surface area contributed by atoms with Crippen molar-refractivity contribution in [1.29, 1.82) is 0 Å². The van der Waals surface area contributed by atoms with Crippen molar-refractivity contribution in [3.63, 3.8) is 0 Å². The van der Waals surface area contributed by atoms with Gasteiger partial charge < -0.3 is 0 Å². The van der Waals surface area contributed by atoms with E-state index >= 15 is 0 Å². The fourth-order valence-corrected chi connectivity index (χ4v) is 1.49. The fraction of sp³-hybridized carbons (Fsp3) is 0. The number of hydrogen-bond donors (Lipinski definition) is 0. The molecule has 0 aliphatic rings. The number of rotatable bonds is 2. The molecule has 2 aromatic carbocycles. The first-order valence-corrected chi connectivity index (χ1v) is 5.90. The van der Waals surface area contributed by atoms with Crippen LogP contribution in [-0.2, 0) is 0 Å². The lowest BCUT2D eigenvalue weighted by molar-refractivity contribution is -0.422. The molecule has 2 rings (SSSR count). The van der Waals surface area contributed by atoms with Gasteiger partial charge >= 0.3 is 11.4 Å². The van der Waals surface area contributed by atoms with Gasteiger partial charge in [-0.25, -0.2) is 0 Å². The summed E-state index contributed by atoms with van der Waals surface area (Å²) >= 11 is 3.31. The van der Waals surface area contributed by atoms with Crippen molar-refractivity contribution in [2.24, 2.45) is 0 Å². The van der Waals surface area contributed by atoms with Crippen LogP contribution >= 0.6 is 15.9 Å². The molecule has 0 fully saturated rings. The molecule has 0 unspecified atom stereocenters. The largest absolute Gasteiger partial charge is 0.346 e. The molecule has 0 amide bonds. The normalized spacial score (nSPS) is 9.11. The molecule has 6 nitrogen and oxygen atoms in total. The van der Waals surface area contributed by atoms with Crippen LogP contribution < -0.4 is 0 Å². The molecule has 0 aliphatic heterocycles. The van der Waals surface area contributed by atoms with Crippen LogP contribution in [0.2, 0.25) is 0 Å². The number of hydrogen-bond acceptors (Lipinski definition) is 4. The zero-order chi connectivity index (χ0) is 14.3. The summed E-state index contributed by atoms with van der Waals surface area (Å²) in [5.41, 5.74) is -0.968. The number of nitro groups is 2. The average Bonchev–Trinajstić information content (AvgIpc) is 2.40. The molecule has 0 saturated heterocycles. The van der Waals surface area contributed by atoms with E-state index < -0.39 is 21.2 Å². The number of halogens is 1. The Morgan fingerprint density at radius 1 is 0.737 bits per heavy atom. The molecule has 19 heavy (non-hydrogen) atoms. The molecule has 0 atom stereocenters. The van der Waals surface area contributed by atoms with Crippen molar-refractivity contribution >= 4 is 27.3 Å². The van der Waals surface area contributed by atoms with Gasteiger partial charge in [-0.3, -0.25) is 20.2 Å². The summed E-state index contributed by atoms with van der Waals surface area (Å²) in [6.45, 7) is 0. The van der Waals surface area contributed by atoms with Gasteiger partial charge in [0.2, 0.25) is 0 Å². The molecule has 98 valence electrons. The summed E-state index contributed by atoms with van der Waals surface area (Å²) in [7, 11) is 0. The average molecular weight is 325 g/mol. The van der Waals surface area contributed by atoms with Crippen molar-refractivity contribution in [2.45, 2.75) is 0 Å². The summed E-state index contributed by atoms with van der Waals surface area (Å²) in [5, 5.41) is 20.5. The van der Waals surface area contributed by atoms with Crippen LogP contribution in [0.1, 0.15) is 0 Å². The van der Waals surface area contributed by atoms with Gasteiger partial charge in [0.25, 0.3) is 0 Å². The summed E-state index contributed by atoms with van der Waals surface area (Å²) in [6.07, 6.45) is 0. The van der Waals surface area contributed by atoms with Crippen LogP contribution in [0.3, 0.4) is 0 Å². The van der Waals surface area contributed by atoms with Crippen molar-refractivity contribution in [3.05, 3.63) is 79.3 Å². The highest BCUT2D eigenvalue weighted by molar-refractivity contribution is 9.10. The van der Waals surface area contributed by atoms with Crippen LogP contribution in [0.25, 0.3) is 0 Å². The van der Waals surface area contributed by atoms with Crippen LogP contribution in [-0.4, -0.2) is 9.85 Å². The monoisotopic (exact) mass is 324 g/mol. The Morgan fingerprint density at radius 2 is 1.11 bits per heavy atom. The van der Waals surface area contributed by atoms with Crippen LogP contribution in [0.5, 0.6) is 0 Å². The maximum atomic E-state index is 10.2. The van der Waals surface area contributed by atoms with E-state index in [1.807, 2.05) is 30.3 Å². The van der Waals surface area contributed by atoms with Gasteiger partial charge in [-0.05, 0) is 12.1 Å². The molecule has 0 radical (unpaired) electrons. The Bertz CT molecular complexity index is 542. The van der Waals surface area contributed by atoms with Gasteiger partial charge in [-0.15, -0.1) is 0 Å². The highest BCUT2D eigenvalue weighted by atomic mass is 79.9. The minimum Gasteiger partial charge on any atom is -0.258 e. The van der Waals surface area contributed by atoms with E-state index in [1.165, 1.54) is 12.1 Å². The zero-order valence-electron chi connectivity index (χ0n) is 9.60. The summed E-state index contributed by atoms with van der Waals surface area (Å²) in [6, 6.07) is 14.9. The van der Waals surface area contributed by atoms with Gasteiger partial charge in [0.1, 0.15) is 0 Å². The molecule has 2 aromatic rings. The van der Waals surface area contributed by atoms with Gasteiger partial charge in [0.05, 0.1) is 9.85 Å². The lowest BCUT2D eigenvalue weighted by atomic mass is 10.3. The third-order valence-corrected chi connectivity index (χ3v) is 2.54. The first-order valence-electron chi connectivity index (χ1n) is 5.10. The first kappa shape index (κ1) is 14.8. The Kier molecular flexibility index (Phi) is 5.62. The maximum absolute atomic E-state index is 10.2. The van der Waals surface area contributed by atoms with E-state index in [-0.39, 0.29) is 0 Å². The number of benzene rings is 2. The lowest BCUT2D eigenvalue weighted by Crippen LogP contribution is -1.95. The fourth-order valence-electron chi connectivity index (χ4n) is 1.19. The van der Waals surface area contributed by atoms with Crippen LogP contribution in [0, 0.1) is 20.2 Å². The van der Waals surface area contributed by atoms with E-state index in [2.05, 4.69) is 15.9 Å². The molecule has 0 aliphatic carbocycles. The SMILES string of the molecule is Brc1ccccc1.O=[N+]([O-])c1ccccc1[N+](=O)[O-]. The molecule has 0 heterocycles. The van der Waals surface area contributed by atoms with Gasteiger partial charge in [-0.1, -0.05) is 46.3 Å². The number of nitro benzene ring substituents is 2. The third kappa shape index (κ3) is 4.84. The summed E-state index contributed by atoms with van der Waals surface area (Å²) < 4.78 is 1.13. The zero-order valence-corrected chi connectivity index (χ0v) is 11.2. The minimum atomic E-state index is -0.780. The van der Waals surface area contributed by atoms with Crippen molar-refractivity contribution in [3.8, 4) is 0 Å². The standard InChI is InChI=1S/C6H5Br.C6H4N2O4/c7-6-4-2-1-3-5-6;9-7(10)5-3-1-2-4-6(5)8(11)12/h1-5H;1-4H. The van der Waals surface area contributed by atoms with E-state index in [0.29, 0.717) is 0 Å². The van der Waals surface area contributed by atoms with Gasteiger partial charge in [0.15, 0.2) is 0 Å². The Balaban J connectivity index is 0.000000218. The van der Waals surface area contributed by atoms with Gasteiger partial charge in [0, 0.05) is 16.6 Å².